The molecule has 1 fully saturated rings. The van der Waals surface area contributed by atoms with Gasteiger partial charge in [-0.05, 0) is 12.8 Å². The van der Waals surface area contributed by atoms with Gasteiger partial charge in [0.1, 0.15) is 6.04 Å². The largest absolute Gasteiger partial charge is 0.480 e. The fourth-order valence-corrected chi connectivity index (χ4v) is 2.43. The molecule has 1 aliphatic rings. The number of carbonyl (C=O) groups is 2. The summed E-state index contributed by atoms with van der Waals surface area (Å²) in [7, 11) is 0. The van der Waals surface area contributed by atoms with Crippen molar-refractivity contribution in [3.05, 3.63) is 18.2 Å². The first-order chi connectivity index (χ1) is 9.65. The second kappa shape index (κ2) is 7.04. The topological polar surface area (TPSA) is 107 Å². The van der Waals surface area contributed by atoms with E-state index in [0.717, 1.165) is 12.8 Å². The highest BCUT2D eigenvalue weighted by molar-refractivity contribution is 5.84. The quantitative estimate of drug-likeness (QED) is 0.565. The summed E-state index contributed by atoms with van der Waals surface area (Å²) in [5.41, 5.74) is 0.682. The molecule has 7 nitrogen and oxygen atoms in total. The number of rotatable bonds is 7. The summed E-state index contributed by atoms with van der Waals surface area (Å²) < 4.78 is 0. The Bertz CT molecular complexity index is 440. The van der Waals surface area contributed by atoms with Gasteiger partial charge in [-0.25, -0.2) is 9.78 Å². The fraction of sp³-hybridized carbons (Fsp3) is 0.615. The Labute approximate surface area is 117 Å². The molecule has 1 aromatic rings. The first kappa shape index (κ1) is 14.5. The van der Waals surface area contributed by atoms with Crippen LogP contribution >= 0.6 is 0 Å². The molecule has 7 heteroatoms. The number of H-pyrrole nitrogens is 1. The number of aromatic nitrogens is 2. The number of nitrogens with one attached hydrogen (secondary N) is 3. The minimum absolute atomic E-state index is 0.164. The standard InChI is InChI=1S/C13H20N4O3/c18-12(7-15-9-3-1-2-4-9)17-11(13(19)20)5-10-6-14-8-16-10/h6,8-9,11,15H,1-5,7H2,(H,14,16)(H,17,18)(H,19,20). The van der Waals surface area contributed by atoms with Crippen molar-refractivity contribution in [3.63, 3.8) is 0 Å². The van der Waals surface area contributed by atoms with Gasteiger partial charge in [-0.1, -0.05) is 12.8 Å². The number of carboxylic acids is 1. The van der Waals surface area contributed by atoms with Crippen LogP contribution in [-0.2, 0) is 16.0 Å². The molecule has 20 heavy (non-hydrogen) atoms. The number of aromatic amines is 1. The van der Waals surface area contributed by atoms with Crippen molar-refractivity contribution in [2.75, 3.05) is 6.54 Å². The molecular weight excluding hydrogens is 260 g/mol. The molecular formula is C13H20N4O3. The van der Waals surface area contributed by atoms with E-state index in [1.54, 1.807) is 6.20 Å². The lowest BCUT2D eigenvalue weighted by Crippen LogP contribution is -2.47. The molecule has 1 saturated carbocycles. The third-order valence-corrected chi connectivity index (χ3v) is 3.52. The van der Waals surface area contributed by atoms with Gasteiger partial charge in [0.25, 0.3) is 0 Å². The van der Waals surface area contributed by atoms with Crippen LogP contribution in [0, 0.1) is 0 Å². The molecule has 0 saturated heterocycles. The molecule has 1 unspecified atom stereocenters. The van der Waals surface area contributed by atoms with Crippen molar-refractivity contribution in [2.24, 2.45) is 0 Å². The van der Waals surface area contributed by atoms with Crippen molar-refractivity contribution in [1.29, 1.82) is 0 Å². The molecule has 0 radical (unpaired) electrons. The number of aliphatic carboxylic acids is 1. The Morgan fingerprint density at radius 2 is 2.20 bits per heavy atom. The average molecular weight is 280 g/mol. The van der Waals surface area contributed by atoms with Gasteiger partial charge in [-0.2, -0.15) is 0 Å². The lowest BCUT2D eigenvalue weighted by Gasteiger charge is -2.16. The predicted octanol–water partition coefficient (Wildman–Crippen LogP) is 0.0538. The highest BCUT2D eigenvalue weighted by atomic mass is 16.4. The minimum Gasteiger partial charge on any atom is -0.480 e. The zero-order valence-corrected chi connectivity index (χ0v) is 11.3. The number of imidazole rings is 1. The maximum Gasteiger partial charge on any atom is 0.326 e. The number of nitrogens with zero attached hydrogens (tertiary/aromatic N) is 1. The first-order valence-corrected chi connectivity index (χ1v) is 6.88. The van der Waals surface area contributed by atoms with Gasteiger partial charge in [0.2, 0.25) is 5.91 Å². The molecule has 0 aliphatic heterocycles. The van der Waals surface area contributed by atoms with Gasteiger partial charge in [0.05, 0.1) is 12.9 Å². The van der Waals surface area contributed by atoms with E-state index >= 15 is 0 Å². The molecule has 4 N–H and O–H groups in total. The molecule has 1 aromatic heterocycles. The van der Waals surface area contributed by atoms with Crippen LogP contribution in [0.3, 0.4) is 0 Å². The van der Waals surface area contributed by atoms with Gasteiger partial charge in [0.15, 0.2) is 0 Å². The molecule has 2 rings (SSSR count). The number of amides is 1. The van der Waals surface area contributed by atoms with Crippen LogP contribution in [0.5, 0.6) is 0 Å². The minimum atomic E-state index is -1.05. The summed E-state index contributed by atoms with van der Waals surface area (Å²) in [6.45, 7) is 0.164. The zero-order valence-electron chi connectivity index (χ0n) is 11.3. The van der Waals surface area contributed by atoms with E-state index in [9.17, 15) is 9.59 Å². The zero-order chi connectivity index (χ0) is 14.4. The monoisotopic (exact) mass is 280 g/mol. The smallest absolute Gasteiger partial charge is 0.326 e. The van der Waals surface area contributed by atoms with Crippen molar-refractivity contribution in [1.82, 2.24) is 20.6 Å². The van der Waals surface area contributed by atoms with Crippen LogP contribution < -0.4 is 10.6 Å². The fourth-order valence-electron chi connectivity index (χ4n) is 2.43. The van der Waals surface area contributed by atoms with E-state index in [1.165, 1.54) is 19.2 Å². The number of hydrogen-bond donors (Lipinski definition) is 4. The highest BCUT2D eigenvalue weighted by Crippen LogP contribution is 2.17. The van der Waals surface area contributed by atoms with Crippen molar-refractivity contribution in [3.8, 4) is 0 Å². The SMILES string of the molecule is O=C(CNC1CCCC1)NC(Cc1cnc[nH]1)C(=O)O. The lowest BCUT2D eigenvalue weighted by molar-refractivity contribution is -0.141. The first-order valence-electron chi connectivity index (χ1n) is 6.88. The maximum atomic E-state index is 11.8. The molecule has 1 amide bonds. The summed E-state index contributed by atoms with van der Waals surface area (Å²) in [6, 6.07) is -0.551. The third-order valence-electron chi connectivity index (χ3n) is 3.52. The Balaban J connectivity index is 1.78. The second-order valence-electron chi connectivity index (χ2n) is 5.10. The molecule has 0 aromatic carbocycles. The number of carboxylic acid groups (broad SMARTS) is 1. The molecule has 1 heterocycles. The van der Waals surface area contributed by atoms with Gasteiger partial charge in [-0.3, -0.25) is 4.79 Å². The Morgan fingerprint density at radius 1 is 1.45 bits per heavy atom. The van der Waals surface area contributed by atoms with Crippen LogP contribution in [0.4, 0.5) is 0 Å². The van der Waals surface area contributed by atoms with Gasteiger partial charge >= 0.3 is 5.97 Å². The summed E-state index contributed by atoms with van der Waals surface area (Å²) in [6.07, 6.45) is 7.79. The van der Waals surface area contributed by atoms with Crippen molar-refractivity contribution < 1.29 is 14.7 Å². The molecule has 1 atom stereocenters. The van der Waals surface area contributed by atoms with Crippen LogP contribution in [0.2, 0.25) is 0 Å². The van der Waals surface area contributed by atoms with E-state index in [0.29, 0.717) is 11.7 Å². The Kier molecular flexibility index (Phi) is 5.11. The van der Waals surface area contributed by atoms with Gasteiger partial charge in [0, 0.05) is 24.4 Å². The van der Waals surface area contributed by atoms with Gasteiger partial charge in [-0.15, -0.1) is 0 Å². The van der Waals surface area contributed by atoms with Crippen LogP contribution in [-0.4, -0.2) is 45.6 Å². The Hall–Kier alpha value is -1.89. The predicted molar refractivity (Wildman–Crippen MR) is 72.1 cm³/mol. The normalized spacial score (nSPS) is 17.0. The maximum absolute atomic E-state index is 11.8. The van der Waals surface area contributed by atoms with Crippen molar-refractivity contribution in [2.45, 2.75) is 44.2 Å². The molecule has 0 bridgehead atoms. The lowest BCUT2D eigenvalue weighted by atomic mass is 10.1. The molecule has 1 aliphatic carbocycles. The van der Waals surface area contributed by atoms with E-state index in [1.807, 2.05) is 0 Å². The van der Waals surface area contributed by atoms with Gasteiger partial charge < -0.3 is 20.7 Å². The van der Waals surface area contributed by atoms with E-state index in [2.05, 4.69) is 20.6 Å². The molecule has 0 spiro atoms. The third kappa shape index (κ3) is 4.34. The Morgan fingerprint density at radius 3 is 2.80 bits per heavy atom. The number of carbonyl (C=O) groups excluding carboxylic acids is 1. The van der Waals surface area contributed by atoms with Crippen molar-refractivity contribution >= 4 is 11.9 Å². The van der Waals surface area contributed by atoms with Crippen LogP contribution in [0.15, 0.2) is 12.5 Å². The summed E-state index contributed by atoms with van der Waals surface area (Å²) in [5, 5.41) is 14.8. The summed E-state index contributed by atoms with van der Waals surface area (Å²) >= 11 is 0. The summed E-state index contributed by atoms with van der Waals surface area (Å²) in [4.78, 5) is 29.6. The second-order valence-corrected chi connectivity index (χ2v) is 5.10. The highest BCUT2D eigenvalue weighted by Gasteiger charge is 2.22. The molecule has 110 valence electrons. The average Bonchev–Trinajstić information content (AvgIpc) is 3.08. The van der Waals surface area contributed by atoms with Crippen LogP contribution in [0.1, 0.15) is 31.4 Å². The van der Waals surface area contributed by atoms with E-state index in [4.69, 9.17) is 5.11 Å². The van der Waals surface area contributed by atoms with Crippen LogP contribution in [0.25, 0.3) is 0 Å². The van der Waals surface area contributed by atoms with E-state index < -0.39 is 12.0 Å². The number of hydrogen-bond acceptors (Lipinski definition) is 4. The summed E-state index contributed by atoms with van der Waals surface area (Å²) in [5.74, 6) is -1.34. The van der Waals surface area contributed by atoms with E-state index in [-0.39, 0.29) is 18.9 Å².